The summed E-state index contributed by atoms with van der Waals surface area (Å²) in [5, 5.41) is 9.12. The lowest BCUT2D eigenvalue weighted by atomic mass is 10.1. The molecule has 0 unspecified atom stereocenters. The van der Waals surface area contributed by atoms with Gasteiger partial charge in [0.15, 0.2) is 0 Å². The van der Waals surface area contributed by atoms with Crippen LogP contribution in [0.5, 0.6) is 0 Å². The van der Waals surface area contributed by atoms with E-state index in [1.165, 1.54) is 12.1 Å². The lowest BCUT2D eigenvalue weighted by Crippen LogP contribution is -2.27. The molecule has 4 rings (SSSR count). The Morgan fingerprint density at radius 2 is 2.00 bits per heavy atom. The Hall–Kier alpha value is -3.32. The van der Waals surface area contributed by atoms with E-state index in [-0.39, 0.29) is 18.3 Å². The molecule has 0 bridgehead atoms. The Balaban J connectivity index is 1.35. The van der Waals surface area contributed by atoms with Gasteiger partial charge >= 0.3 is 0 Å². The molecule has 0 fully saturated rings. The van der Waals surface area contributed by atoms with Crippen LogP contribution in [-0.2, 0) is 17.9 Å². The summed E-state index contributed by atoms with van der Waals surface area (Å²) in [5.74, 6) is -0.419. The van der Waals surface area contributed by atoms with Crippen molar-refractivity contribution in [1.29, 1.82) is 0 Å². The summed E-state index contributed by atoms with van der Waals surface area (Å²) in [5.41, 5.74) is 3.57. The zero-order valence-electron chi connectivity index (χ0n) is 14.9. The van der Waals surface area contributed by atoms with E-state index >= 15 is 0 Å². The van der Waals surface area contributed by atoms with Crippen molar-refractivity contribution in [3.05, 3.63) is 83.9 Å². The zero-order chi connectivity index (χ0) is 19.3. The monoisotopic (exact) mass is 392 g/mol. The van der Waals surface area contributed by atoms with Crippen molar-refractivity contribution >= 4 is 17.2 Å². The molecule has 0 radical (unpaired) electrons. The molecule has 0 aliphatic rings. The van der Waals surface area contributed by atoms with Gasteiger partial charge in [0.2, 0.25) is 5.91 Å². The second kappa shape index (κ2) is 8.14. The van der Waals surface area contributed by atoms with Crippen molar-refractivity contribution < 1.29 is 9.18 Å². The van der Waals surface area contributed by atoms with Gasteiger partial charge in [-0.2, -0.15) is 5.10 Å². The fourth-order valence-corrected chi connectivity index (χ4v) is 3.48. The summed E-state index contributed by atoms with van der Waals surface area (Å²) >= 11 is 1.63. The quantitative estimate of drug-likeness (QED) is 0.537. The molecule has 1 N–H and O–H groups in total. The predicted molar refractivity (Wildman–Crippen MR) is 107 cm³/mol. The molecule has 0 saturated heterocycles. The van der Waals surface area contributed by atoms with Gasteiger partial charge in [-0.05, 0) is 46.8 Å². The van der Waals surface area contributed by atoms with Crippen molar-refractivity contribution in [3.63, 3.8) is 0 Å². The number of nitrogens with zero attached hydrogens (tertiary/aromatic N) is 3. The summed E-state index contributed by atoms with van der Waals surface area (Å²) in [6.07, 6.45) is 5.18. The Labute approximate surface area is 165 Å². The minimum absolute atomic E-state index is 0.115. The minimum atomic E-state index is -0.283. The molecule has 5 nitrogen and oxygen atoms in total. The second-order valence-corrected chi connectivity index (χ2v) is 7.18. The molecule has 3 heterocycles. The van der Waals surface area contributed by atoms with E-state index in [2.05, 4.69) is 15.4 Å². The number of benzene rings is 1. The zero-order valence-corrected chi connectivity index (χ0v) is 15.7. The van der Waals surface area contributed by atoms with Crippen LogP contribution in [0.15, 0.2) is 72.5 Å². The lowest BCUT2D eigenvalue weighted by Gasteiger charge is -2.06. The van der Waals surface area contributed by atoms with Gasteiger partial charge in [-0.25, -0.2) is 4.39 Å². The first-order valence-corrected chi connectivity index (χ1v) is 9.59. The van der Waals surface area contributed by atoms with E-state index in [0.29, 0.717) is 6.54 Å². The van der Waals surface area contributed by atoms with Gasteiger partial charge in [0.05, 0.1) is 16.8 Å². The molecule has 0 atom stereocenters. The fraction of sp³-hybridized carbons (Fsp3) is 0.0952. The van der Waals surface area contributed by atoms with E-state index in [1.807, 2.05) is 29.6 Å². The molecule has 28 heavy (non-hydrogen) atoms. The maximum absolute atomic E-state index is 13.0. The van der Waals surface area contributed by atoms with Gasteiger partial charge in [-0.15, -0.1) is 11.3 Å². The summed E-state index contributed by atoms with van der Waals surface area (Å²) in [6.45, 7) is 0.538. The smallest absolute Gasteiger partial charge is 0.241 e. The van der Waals surface area contributed by atoms with Gasteiger partial charge in [0, 0.05) is 24.5 Å². The average Bonchev–Trinajstić information content (AvgIpc) is 3.40. The molecule has 140 valence electrons. The molecular formula is C21H17FN4OS. The van der Waals surface area contributed by atoms with Crippen molar-refractivity contribution in [3.8, 4) is 21.7 Å². The lowest BCUT2D eigenvalue weighted by molar-refractivity contribution is -0.122. The summed E-state index contributed by atoms with van der Waals surface area (Å²) in [4.78, 5) is 17.7. The molecule has 0 aliphatic carbocycles. The number of pyridine rings is 1. The third-order valence-electron chi connectivity index (χ3n) is 4.20. The van der Waals surface area contributed by atoms with Crippen molar-refractivity contribution in [2.75, 3.05) is 0 Å². The summed E-state index contributed by atoms with van der Waals surface area (Å²) < 4.78 is 14.6. The number of rotatable bonds is 6. The largest absolute Gasteiger partial charge is 0.350 e. The first-order chi connectivity index (χ1) is 13.7. The molecule has 3 aromatic heterocycles. The topological polar surface area (TPSA) is 59.8 Å². The molecule has 0 aliphatic heterocycles. The first-order valence-electron chi connectivity index (χ1n) is 8.71. The molecule has 0 saturated carbocycles. The number of carbonyl (C=O) groups excluding carboxylic acids is 1. The van der Waals surface area contributed by atoms with Crippen LogP contribution in [0, 0.1) is 5.82 Å². The Bertz CT molecular complexity index is 1070. The number of hydrogen-bond acceptors (Lipinski definition) is 4. The first kappa shape index (κ1) is 18.1. The SMILES string of the molecule is O=C(Cn1cc(-c2ccc(F)cc2)cn1)NCc1ccnc(-c2cccs2)c1. The number of nitrogens with one attached hydrogen (secondary N) is 1. The number of carbonyl (C=O) groups is 1. The highest BCUT2D eigenvalue weighted by atomic mass is 32.1. The molecule has 1 aromatic carbocycles. The van der Waals surface area contributed by atoms with E-state index in [1.54, 1.807) is 46.7 Å². The molecule has 4 aromatic rings. The maximum Gasteiger partial charge on any atom is 0.241 e. The Morgan fingerprint density at radius 1 is 1.14 bits per heavy atom. The standard InChI is InChI=1S/C21H17FN4OS/c22-18-5-3-16(4-6-18)17-12-25-26(13-17)14-21(27)24-11-15-7-8-23-19(10-15)20-2-1-9-28-20/h1-10,12-13H,11,14H2,(H,24,27). The predicted octanol–water partition coefficient (Wildman–Crippen LogP) is 4.13. The summed E-state index contributed by atoms with van der Waals surface area (Å²) in [6, 6.07) is 14.0. The van der Waals surface area contributed by atoms with Crippen LogP contribution in [0.2, 0.25) is 0 Å². The number of aromatic nitrogens is 3. The fourth-order valence-electron chi connectivity index (χ4n) is 2.79. The third kappa shape index (κ3) is 4.32. The second-order valence-electron chi connectivity index (χ2n) is 6.24. The number of halogens is 1. The average molecular weight is 392 g/mol. The van der Waals surface area contributed by atoms with E-state index in [9.17, 15) is 9.18 Å². The van der Waals surface area contributed by atoms with Gasteiger partial charge in [-0.3, -0.25) is 14.5 Å². The van der Waals surface area contributed by atoms with Crippen LogP contribution in [-0.4, -0.2) is 20.7 Å². The third-order valence-corrected chi connectivity index (χ3v) is 5.10. The molecule has 1 amide bonds. The van der Waals surface area contributed by atoms with E-state index in [0.717, 1.165) is 27.3 Å². The summed E-state index contributed by atoms with van der Waals surface area (Å²) in [7, 11) is 0. The number of amides is 1. The number of thiophene rings is 1. The van der Waals surface area contributed by atoms with Crippen LogP contribution in [0.4, 0.5) is 4.39 Å². The van der Waals surface area contributed by atoms with Crippen LogP contribution < -0.4 is 5.32 Å². The highest BCUT2D eigenvalue weighted by Crippen LogP contribution is 2.23. The van der Waals surface area contributed by atoms with E-state index < -0.39 is 0 Å². The van der Waals surface area contributed by atoms with Crippen molar-refractivity contribution in [1.82, 2.24) is 20.1 Å². The van der Waals surface area contributed by atoms with Crippen molar-refractivity contribution in [2.24, 2.45) is 0 Å². The number of hydrogen-bond donors (Lipinski definition) is 1. The highest BCUT2D eigenvalue weighted by Gasteiger charge is 2.07. The van der Waals surface area contributed by atoms with Gasteiger partial charge in [-0.1, -0.05) is 18.2 Å². The van der Waals surface area contributed by atoms with E-state index in [4.69, 9.17) is 0 Å². The van der Waals surface area contributed by atoms with Gasteiger partial charge in [0.1, 0.15) is 12.4 Å². The minimum Gasteiger partial charge on any atom is -0.350 e. The van der Waals surface area contributed by atoms with Crippen LogP contribution in [0.1, 0.15) is 5.56 Å². The molecular weight excluding hydrogens is 375 g/mol. The Kier molecular flexibility index (Phi) is 5.25. The van der Waals surface area contributed by atoms with Crippen LogP contribution >= 0.6 is 11.3 Å². The van der Waals surface area contributed by atoms with Crippen LogP contribution in [0.25, 0.3) is 21.7 Å². The highest BCUT2D eigenvalue weighted by molar-refractivity contribution is 7.13. The van der Waals surface area contributed by atoms with Crippen LogP contribution in [0.3, 0.4) is 0 Å². The van der Waals surface area contributed by atoms with Crippen molar-refractivity contribution in [2.45, 2.75) is 13.1 Å². The Morgan fingerprint density at radius 3 is 2.79 bits per heavy atom. The van der Waals surface area contributed by atoms with Gasteiger partial charge < -0.3 is 5.32 Å². The molecule has 0 spiro atoms. The normalized spacial score (nSPS) is 10.8. The van der Waals surface area contributed by atoms with Gasteiger partial charge in [0.25, 0.3) is 0 Å². The maximum atomic E-state index is 13.0. The molecule has 7 heteroatoms.